The first-order valence-corrected chi connectivity index (χ1v) is 14.1. The number of ether oxygens (including phenoxy) is 1. The van der Waals surface area contributed by atoms with E-state index in [0.29, 0.717) is 42.1 Å². The molecule has 5 rings (SSSR count). The van der Waals surface area contributed by atoms with Crippen LogP contribution in [0.3, 0.4) is 0 Å². The quantitative estimate of drug-likeness (QED) is 0.264. The van der Waals surface area contributed by atoms with Crippen molar-refractivity contribution in [2.45, 2.75) is 109 Å². The lowest BCUT2D eigenvalue weighted by atomic mass is 9.47. The molecule has 1 heterocycles. The lowest BCUT2D eigenvalue weighted by molar-refractivity contribution is -0.144. The summed E-state index contributed by atoms with van der Waals surface area (Å²) >= 11 is 0. The van der Waals surface area contributed by atoms with E-state index in [1.807, 2.05) is 0 Å². The van der Waals surface area contributed by atoms with E-state index in [2.05, 4.69) is 30.0 Å². The number of nitrogens with zero attached hydrogens (tertiary/aromatic N) is 2. The SMILES string of the molecule is C#CCCCCOC(=O)CC[C@@H](C)[C@H]1CC[C@H]2[C@@H]3CC4(N=N4)[C@H]4C[C@@H](O)CC[C@@H]4[C@H]3CC[C@]12C. The Kier molecular flexibility index (Phi) is 6.83. The van der Waals surface area contributed by atoms with Crippen molar-refractivity contribution in [1.82, 2.24) is 0 Å². The summed E-state index contributed by atoms with van der Waals surface area (Å²) in [5.41, 5.74) is 0.218. The lowest BCUT2D eigenvalue weighted by Gasteiger charge is -2.57. The summed E-state index contributed by atoms with van der Waals surface area (Å²) in [6.07, 6.45) is 18.5. The molecule has 9 atom stereocenters. The number of carbonyl (C=O) groups is 1. The van der Waals surface area contributed by atoms with Crippen LogP contribution in [0.1, 0.15) is 97.3 Å². The van der Waals surface area contributed by atoms with E-state index in [4.69, 9.17) is 11.2 Å². The van der Waals surface area contributed by atoms with E-state index in [0.717, 1.165) is 69.1 Å². The Hall–Kier alpha value is -1.41. The van der Waals surface area contributed by atoms with Gasteiger partial charge < -0.3 is 9.84 Å². The van der Waals surface area contributed by atoms with Gasteiger partial charge in [0.1, 0.15) is 0 Å². The highest BCUT2D eigenvalue weighted by atomic mass is 16.5. The van der Waals surface area contributed by atoms with Gasteiger partial charge in [0.2, 0.25) is 0 Å². The van der Waals surface area contributed by atoms with Gasteiger partial charge in [-0.25, -0.2) is 0 Å². The minimum atomic E-state index is -0.154. The molecule has 0 saturated heterocycles. The van der Waals surface area contributed by atoms with Gasteiger partial charge >= 0.3 is 5.97 Å². The summed E-state index contributed by atoms with van der Waals surface area (Å²) in [5.74, 6) is 7.30. The number of aliphatic hydroxyl groups is 1. The molecule has 5 nitrogen and oxygen atoms in total. The fraction of sp³-hybridized carbons (Fsp3) is 0.897. The van der Waals surface area contributed by atoms with Crippen LogP contribution in [-0.2, 0) is 9.53 Å². The van der Waals surface area contributed by atoms with Crippen molar-refractivity contribution in [1.29, 1.82) is 0 Å². The molecule has 1 N–H and O–H groups in total. The molecular weight excluding hydrogens is 424 g/mol. The Morgan fingerprint density at radius 2 is 1.94 bits per heavy atom. The van der Waals surface area contributed by atoms with Crippen LogP contribution < -0.4 is 0 Å². The number of terminal acetylenes is 1. The van der Waals surface area contributed by atoms with Crippen LogP contribution in [0.25, 0.3) is 0 Å². The van der Waals surface area contributed by atoms with Gasteiger partial charge in [0.05, 0.1) is 12.7 Å². The van der Waals surface area contributed by atoms with Gasteiger partial charge in [0.15, 0.2) is 5.66 Å². The van der Waals surface area contributed by atoms with Gasteiger partial charge in [-0.1, -0.05) is 13.8 Å². The highest BCUT2D eigenvalue weighted by Crippen LogP contribution is 2.68. The highest BCUT2D eigenvalue weighted by molar-refractivity contribution is 5.69. The third kappa shape index (κ3) is 4.34. The Morgan fingerprint density at radius 3 is 2.71 bits per heavy atom. The predicted molar refractivity (Wildman–Crippen MR) is 132 cm³/mol. The third-order valence-electron chi connectivity index (χ3n) is 10.9. The van der Waals surface area contributed by atoms with Crippen LogP contribution in [0.2, 0.25) is 0 Å². The zero-order chi connectivity index (χ0) is 23.9. The van der Waals surface area contributed by atoms with Crippen molar-refractivity contribution in [3.05, 3.63) is 0 Å². The van der Waals surface area contributed by atoms with Crippen LogP contribution in [0.15, 0.2) is 10.2 Å². The second-order valence-electron chi connectivity index (χ2n) is 12.6. The maximum Gasteiger partial charge on any atom is 0.305 e. The van der Waals surface area contributed by atoms with E-state index in [1.165, 1.54) is 25.7 Å². The normalized spacial score (nSPS) is 42.2. The predicted octanol–water partition coefficient (Wildman–Crippen LogP) is 6.15. The summed E-state index contributed by atoms with van der Waals surface area (Å²) in [5, 5.41) is 19.6. The molecule has 1 spiro atoms. The first-order chi connectivity index (χ1) is 16.4. The number of hydrogen-bond acceptors (Lipinski definition) is 5. The third-order valence-corrected chi connectivity index (χ3v) is 10.9. The maximum absolute atomic E-state index is 12.3. The van der Waals surface area contributed by atoms with Gasteiger partial charge in [-0.3, -0.25) is 4.79 Å². The second kappa shape index (κ2) is 9.57. The summed E-state index contributed by atoms with van der Waals surface area (Å²) < 4.78 is 5.45. The molecule has 188 valence electrons. The van der Waals surface area contributed by atoms with Crippen LogP contribution in [0.5, 0.6) is 0 Å². The number of fused-ring (bicyclic) bond motifs is 6. The topological polar surface area (TPSA) is 71.2 Å². The number of hydrogen-bond donors (Lipinski definition) is 1. The zero-order valence-corrected chi connectivity index (χ0v) is 21.3. The number of esters is 1. The largest absolute Gasteiger partial charge is 0.466 e. The van der Waals surface area contributed by atoms with Crippen molar-refractivity contribution in [3.8, 4) is 12.3 Å². The first-order valence-electron chi connectivity index (χ1n) is 14.1. The average Bonchev–Trinajstić information content (AvgIpc) is 3.50. The maximum atomic E-state index is 12.3. The van der Waals surface area contributed by atoms with Gasteiger partial charge in [0, 0.05) is 25.2 Å². The molecule has 1 aliphatic heterocycles. The molecule has 0 unspecified atom stereocenters. The highest BCUT2D eigenvalue weighted by Gasteiger charge is 2.65. The Labute approximate surface area is 205 Å². The Morgan fingerprint density at radius 1 is 1.12 bits per heavy atom. The molecule has 4 fully saturated rings. The number of unbranched alkanes of at least 4 members (excludes halogenated alkanes) is 2. The summed E-state index contributed by atoms with van der Waals surface area (Å²) in [6, 6.07) is 0. The molecule has 5 heteroatoms. The van der Waals surface area contributed by atoms with Crippen molar-refractivity contribution in [3.63, 3.8) is 0 Å². The van der Waals surface area contributed by atoms with Gasteiger partial charge in [-0.2, -0.15) is 10.2 Å². The zero-order valence-electron chi connectivity index (χ0n) is 21.3. The molecule has 5 aliphatic rings. The minimum absolute atomic E-state index is 0.0485. The van der Waals surface area contributed by atoms with Crippen LogP contribution in [0, 0.1) is 59.2 Å². The lowest BCUT2D eigenvalue weighted by Crippen LogP contribution is -2.54. The number of rotatable bonds is 8. The van der Waals surface area contributed by atoms with Crippen LogP contribution in [0.4, 0.5) is 0 Å². The number of carbonyl (C=O) groups excluding carboxylic acids is 1. The molecule has 34 heavy (non-hydrogen) atoms. The van der Waals surface area contributed by atoms with Crippen molar-refractivity contribution in [2.24, 2.45) is 57.1 Å². The molecule has 0 radical (unpaired) electrons. The molecule has 4 saturated carbocycles. The Balaban J connectivity index is 1.18. The van der Waals surface area contributed by atoms with E-state index >= 15 is 0 Å². The molecular formula is C29H44N2O3. The van der Waals surface area contributed by atoms with Crippen LogP contribution >= 0.6 is 0 Å². The van der Waals surface area contributed by atoms with Crippen molar-refractivity contribution < 1.29 is 14.6 Å². The van der Waals surface area contributed by atoms with Gasteiger partial charge in [0.25, 0.3) is 0 Å². The van der Waals surface area contributed by atoms with E-state index < -0.39 is 0 Å². The van der Waals surface area contributed by atoms with Crippen molar-refractivity contribution >= 4 is 5.97 Å². The smallest absolute Gasteiger partial charge is 0.305 e. The van der Waals surface area contributed by atoms with E-state index in [-0.39, 0.29) is 17.7 Å². The standard InChI is InChI=1S/C29H44N2O3/c1-4-5-6-7-16-34-27(33)13-8-19(2)24-11-12-25-23-18-29(30-31-29)26-17-20(32)9-10-22(26)21(23)14-15-28(24,25)3/h1,19-26,32H,5-18H2,2-3H3/t19-,20+,21-,22-,23-,24-,25+,26+,28-/m1/s1. The molecule has 0 amide bonds. The fourth-order valence-electron chi connectivity index (χ4n) is 9.26. The van der Waals surface area contributed by atoms with Gasteiger partial charge in [-0.05, 0) is 105 Å². The minimum Gasteiger partial charge on any atom is -0.466 e. The van der Waals surface area contributed by atoms with E-state index in [1.54, 1.807) is 0 Å². The second-order valence-corrected chi connectivity index (χ2v) is 12.6. The fourth-order valence-corrected chi connectivity index (χ4v) is 9.26. The summed E-state index contributed by atoms with van der Waals surface area (Å²) in [6.45, 7) is 5.44. The Bertz CT molecular complexity index is 828. The molecule has 0 bridgehead atoms. The number of aliphatic hydroxyl groups excluding tert-OH is 1. The monoisotopic (exact) mass is 468 g/mol. The van der Waals surface area contributed by atoms with Gasteiger partial charge in [-0.15, -0.1) is 12.3 Å². The average molecular weight is 469 g/mol. The molecule has 0 aromatic carbocycles. The first kappa shape index (κ1) is 24.3. The van der Waals surface area contributed by atoms with E-state index in [9.17, 15) is 9.90 Å². The molecule has 4 aliphatic carbocycles. The van der Waals surface area contributed by atoms with Crippen molar-refractivity contribution in [2.75, 3.05) is 6.61 Å². The molecule has 0 aromatic rings. The summed E-state index contributed by atoms with van der Waals surface area (Å²) in [7, 11) is 0. The molecule has 0 aromatic heterocycles. The van der Waals surface area contributed by atoms with Crippen LogP contribution in [-0.4, -0.2) is 29.4 Å². The summed E-state index contributed by atoms with van der Waals surface area (Å²) in [4.78, 5) is 12.3.